The number of ether oxygens (including phenoxy) is 2. The Balaban J connectivity index is 1.37. The number of likely N-dealkylation sites (tertiary alicyclic amines) is 1. The number of nitrogens with zero attached hydrogens (tertiary/aromatic N) is 3. The first-order chi connectivity index (χ1) is 11.8. The minimum atomic E-state index is 0.144. The smallest absolute Gasteiger partial charge is 0.0798 e. The fourth-order valence-corrected chi connectivity index (χ4v) is 4.62. The Morgan fingerprint density at radius 1 is 1.42 bits per heavy atom. The molecule has 0 N–H and O–H groups in total. The van der Waals surface area contributed by atoms with Crippen LogP contribution in [0.3, 0.4) is 0 Å². The molecule has 6 heteroatoms. The molecule has 2 aromatic rings. The third kappa shape index (κ3) is 3.24. The van der Waals surface area contributed by atoms with Crippen molar-refractivity contribution in [3.8, 4) is 0 Å². The lowest BCUT2D eigenvalue weighted by Crippen LogP contribution is -2.35. The summed E-state index contributed by atoms with van der Waals surface area (Å²) < 4.78 is 11.9. The monoisotopic (exact) mass is 345 g/mol. The van der Waals surface area contributed by atoms with Crippen molar-refractivity contribution >= 4 is 11.3 Å². The molecule has 0 saturated carbocycles. The normalized spacial score (nSPS) is 26.8. The highest BCUT2D eigenvalue weighted by Gasteiger charge is 2.50. The van der Waals surface area contributed by atoms with Crippen molar-refractivity contribution in [2.75, 3.05) is 32.9 Å². The van der Waals surface area contributed by atoms with Crippen LogP contribution in [0.5, 0.6) is 0 Å². The van der Waals surface area contributed by atoms with Crippen molar-refractivity contribution in [1.82, 2.24) is 14.9 Å². The molecule has 0 aromatic carbocycles. The van der Waals surface area contributed by atoms with Crippen LogP contribution < -0.4 is 0 Å². The van der Waals surface area contributed by atoms with Crippen LogP contribution in [-0.4, -0.2) is 47.8 Å². The summed E-state index contributed by atoms with van der Waals surface area (Å²) >= 11 is 1.76. The summed E-state index contributed by atoms with van der Waals surface area (Å²) in [6.45, 7) is 8.31. The van der Waals surface area contributed by atoms with Gasteiger partial charge in [0.25, 0.3) is 0 Å². The second-order valence-corrected chi connectivity index (χ2v) is 7.89. The summed E-state index contributed by atoms with van der Waals surface area (Å²) in [5.74, 6) is 0.572. The van der Waals surface area contributed by atoms with Crippen LogP contribution in [-0.2, 0) is 22.6 Å². The van der Waals surface area contributed by atoms with Gasteiger partial charge in [-0.25, -0.2) is 4.98 Å². The van der Waals surface area contributed by atoms with Crippen molar-refractivity contribution in [1.29, 1.82) is 0 Å². The van der Waals surface area contributed by atoms with Gasteiger partial charge in [0.2, 0.25) is 0 Å². The van der Waals surface area contributed by atoms with Gasteiger partial charge in [0.15, 0.2) is 0 Å². The Morgan fingerprint density at radius 3 is 3.08 bits per heavy atom. The van der Waals surface area contributed by atoms with E-state index >= 15 is 0 Å². The van der Waals surface area contributed by atoms with Crippen LogP contribution in [0.25, 0.3) is 0 Å². The maximum atomic E-state index is 6.07. The Kier molecular flexibility index (Phi) is 4.63. The minimum absolute atomic E-state index is 0.144. The predicted molar refractivity (Wildman–Crippen MR) is 92.8 cm³/mol. The number of aromatic nitrogens is 2. The van der Waals surface area contributed by atoms with Gasteiger partial charge in [0.05, 0.1) is 37.6 Å². The van der Waals surface area contributed by atoms with Crippen LogP contribution in [0.4, 0.5) is 0 Å². The number of thiazole rings is 1. The topological polar surface area (TPSA) is 47.5 Å². The first-order valence-electron chi connectivity index (χ1n) is 8.41. The van der Waals surface area contributed by atoms with E-state index in [0.717, 1.165) is 45.1 Å². The van der Waals surface area contributed by atoms with Crippen molar-refractivity contribution in [3.63, 3.8) is 0 Å². The van der Waals surface area contributed by atoms with E-state index in [0.29, 0.717) is 12.5 Å². The average Bonchev–Trinajstić information content (AvgIpc) is 3.24. The molecular weight excluding hydrogens is 322 g/mol. The molecule has 2 saturated heterocycles. The highest BCUT2D eigenvalue weighted by Crippen LogP contribution is 2.42. The molecule has 24 heavy (non-hydrogen) atoms. The molecular formula is C18H23N3O2S. The Bertz CT molecular complexity index is 678. The second kappa shape index (κ2) is 6.88. The quantitative estimate of drug-likeness (QED) is 0.805. The number of hydrogen-bond acceptors (Lipinski definition) is 6. The molecule has 2 aliphatic rings. The lowest BCUT2D eigenvalue weighted by Gasteiger charge is -2.27. The average molecular weight is 345 g/mol. The lowest BCUT2D eigenvalue weighted by atomic mass is 9.82. The van der Waals surface area contributed by atoms with Crippen LogP contribution in [0, 0.1) is 18.3 Å². The number of pyridine rings is 1. The third-order valence-corrected chi connectivity index (χ3v) is 6.13. The fraction of sp³-hybridized carbons (Fsp3) is 0.556. The lowest BCUT2D eigenvalue weighted by molar-refractivity contribution is 0.0183. The summed E-state index contributed by atoms with van der Waals surface area (Å²) in [7, 11) is 0. The van der Waals surface area contributed by atoms with Crippen LogP contribution in [0.1, 0.15) is 16.1 Å². The molecule has 2 aliphatic heterocycles. The molecule has 4 rings (SSSR count). The predicted octanol–water partition coefficient (Wildman–Crippen LogP) is 2.51. The Hall–Kier alpha value is -1.34. The van der Waals surface area contributed by atoms with E-state index in [2.05, 4.69) is 21.8 Å². The summed E-state index contributed by atoms with van der Waals surface area (Å²) in [6, 6.07) is 4.02. The van der Waals surface area contributed by atoms with Gasteiger partial charge in [-0.3, -0.25) is 9.88 Å². The summed E-state index contributed by atoms with van der Waals surface area (Å²) in [4.78, 5) is 12.3. The van der Waals surface area contributed by atoms with Gasteiger partial charge in [-0.05, 0) is 24.6 Å². The van der Waals surface area contributed by atoms with Crippen LogP contribution >= 0.6 is 11.3 Å². The number of rotatable bonds is 6. The maximum absolute atomic E-state index is 6.07. The minimum Gasteiger partial charge on any atom is -0.380 e. The van der Waals surface area contributed by atoms with E-state index in [4.69, 9.17) is 9.47 Å². The summed E-state index contributed by atoms with van der Waals surface area (Å²) in [5.41, 5.74) is 4.42. The zero-order chi connectivity index (χ0) is 16.4. The van der Waals surface area contributed by atoms with Gasteiger partial charge in [-0.1, -0.05) is 0 Å². The van der Waals surface area contributed by atoms with E-state index in [1.54, 1.807) is 11.3 Å². The SMILES string of the molecule is Cc1ncsc1CN1C[C@@H]2COC[C@]2(COCc2ccncc2)C1. The molecule has 5 nitrogen and oxygen atoms in total. The number of fused-ring (bicyclic) bond motifs is 1. The third-order valence-electron chi connectivity index (χ3n) is 5.21. The standard InChI is InChI=1S/C18H23N3O2S/c1-14-17(24-13-20-14)7-21-6-16-9-23-12-18(16,10-21)11-22-8-15-2-4-19-5-3-15/h2-5,13,16H,6-12H2,1H3/t16-,18-/m1/s1. The molecule has 0 unspecified atom stereocenters. The van der Waals surface area contributed by atoms with Crippen LogP contribution in [0.15, 0.2) is 30.0 Å². The molecule has 2 atom stereocenters. The number of hydrogen-bond donors (Lipinski definition) is 0. The molecule has 0 amide bonds. The molecule has 4 heterocycles. The zero-order valence-corrected chi connectivity index (χ0v) is 14.8. The van der Waals surface area contributed by atoms with E-state index < -0.39 is 0 Å². The zero-order valence-electron chi connectivity index (χ0n) is 14.0. The van der Waals surface area contributed by atoms with Crippen molar-refractivity contribution in [3.05, 3.63) is 46.2 Å². The molecule has 128 valence electrons. The van der Waals surface area contributed by atoms with E-state index in [1.165, 1.54) is 10.4 Å². The number of aryl methyl sites for hydroxylation is 1. The van der Waals surface area contributed by atoms with Gasteiger partial charge in [0.1, 0.15) is 0 Å². The summed E-state index contributed by atoms with van der Waals surface area (Å²) in [6.07, 6.45) is 3.63. The molecule has 0 aliphatic carbocycles. The van der Waals surface area contributed by atoms with Gasteiger partial charge in [-0.15, -0.1) is 11.3 Å². The van der Waals surface area contributed by atoms with Crippen molar-refractivity contribution in [2.24, 2.45) is 11.3 Å². The van der Waals surface area contributed by atoms with Gasteiger partial charge < -0.3 is 9.47 Å². The Morgan fingerprint density at radius 2 is 2.29 bits per heavy atom. The summed E-state index contributed by atoms with van der Waals surface area (Å²) in [5, 5.41) is 0. The molecule has 2 fully saturated rings. The van der Waals surface area contributed by atoms with E-state index in [9.17, 15) is 0 Å². The molecule has 2 aromatic heterocycles. The second-order valence-electron chi connectivity index (χ2n) is 6.95. The molecule has 0 radical (unpaired) electrons. The molecule has 0 bridgehead atoms. The van der Waals surface area contributed by atoms with E-state index in [1.807, 2.05) is 30.0 Å². The first-order valence-corrected chi connectivity index (χ1v) is 9.29. The van der Waals surface area contributed by atoms with Crippen LogP contribution in [0.2, 0.25) is 0 Å². The Labute approximate surface area is 146 Å². The highest BCUT2D eigenvalue weighted by atomic mass is 32.1. The van der Waals surface area contributed by atoms with Gasteiger partial charge in [0, 0.05) is 48.2 Å². The fourth-order valence-electron chi connectivity index (χ4n) is 3.80. The first kappa shape index (κ1) is 16.1. The van der Waals surface area contributed by atoms with Gasteiger partial charge >= 0.3 is 0 Å². The van der Waals surface area contributed by atoms with E-state index in [-0.39, 0.29) is 5.41 Å². The molecule has 0 spiro atoms. The largest absolute Gasteiger partial charge is 0.380 e. The maximum Gasteiger partial charge on any atom is 0.0798 e. The van der Waals surface area contributed by atoms with Crippen molar-refractivity contribution in [2.45, 2.75) is 20.1 Å². The highest BCUT2D eigenvalue weighted by molar-refractivity contribution is 7.09. The van der Waals surface area contributed by atoms with Gasteiger partial charge in [-0.2, -0.15) is 0 Å². The van der Waals surface area contributed by atoms with Crippen molar-refractivity contribution < 1.29 is 9.47 Å².